The SMILES string of the molecule is CC(C)[C@H]1NC(=O)[C@@H](CSC(c2ccccc2)(c2ccccc2)c2ccccc2)NC(=O)[C@@H](C)NC(=O)C[C@@H](/C=C/CCSC(c2ccccc2)(c2ccccc2)c2ccccc2)OC(=O)CNC1=O. The van der Waals surface area contributed by atoms with Gasteiger partial charge in [0.15, 0.2) is 0 Å². The maximum atomic E-state index is 14.4. The first kappa shape index (κ1) is 51.0. The Kier molecular flexibility index (Phi) is 17.9. The molecule has 1 saturated heterocycles. The number of hydrogen-bond donors (Lipinski definition) is 4. The van der Waals surface area contributed by atoms with E-state index in [4.69, 9.17) is 4.74 Å². The zero-order chi connectivity index (χ0) is 49.4. The Morgan fingerprint density at radius 3 is 1.39 bits per heavy atom. The van der Waals surface area contributed by atoms with Crippen LogP contribution in [0.2, 0.25) is 0 Å². The summed E-state index contributed by atoms with van der Waals surface area (Å²) in [6.45, 7) is 4.62. The van der Waals surface area contributed by atoms with Gasteiger partial charge in [-0.3, -0.25) is 24.0 Å². The van der Waals surface area contributed by atoms with Gasteiger partial charge in [-0.15, -0.1) is 23.5 Å². The molecule has 1 aliphatic heterocycles. The molecule has 0 spiro atoms. The van der Waals surface area contributed by atoms with Gasteiger partial charge in [0.1, 0.15) is 30.8 Å². The summed E-state index contributed by atoms with van der Waals surface area (Å²) < 4.78 is 4.44. The number of carbonyl (C=O) groups excluding carboxylic acids is 5. The van der Waals surface area contributed by atoms with Gasteiger partial charge in [0.25, 0.3) is 0 Å². The third kappa shape index (κ3) is 12.5. The fourth-order valence-electron chi connectivity index (χ4n) is 8.72. The van der Waals surface area contributed by atoms with Crippen LogP contribution in [0, 0.1) is 5.92 Å². The second-order valence-corrected chi connectivity index (χ2v) is 20.0. The average molecular weight is 973 g/mol. The van der Waals surface area contributed by atoms with Gasteiger partial charge in [0.05, 0.1) is 15.9 Å². The van der Waals surface area contributed by atoms with Crippen LogP contribution in [-0.2, 0) is 38.2 Å². The highest BCUT2D eigenvalue weighted by molar-refractivity contribution is 8.00. The number of allylic oxidation sites excluding steroid dienone is 1. The number of thioether (sulfide) groups is 2. The minimum Gasteiger partial charge on any atom is -0.456 e. The summed E-state index contributed by atoms with van der Waals surface area (Å²) in [4.78, 5) is 69.4. The average Bonchev–Trinajstić information content (AvgIpc) is 3.39. The summed E-state index contributed by atoms with van der Waals surface area (Å²) in [5.41, 5.74) is 6.29. The topological polar surface area (TPSA) is 143 Å². The summed E-state index contributed by atoms with van der Waals surface area (Å²) in [6, 6.07) is 57.8. The van der Waals surface area contributed by atoms with Crippen LogP contribution in [0.3, 0.4) is 0 Å². The van der Waals surface area contributed by atoms with Gasteiger partial charge in [0, 0.05) is 5.75 Å². The number of hydrogen-bond acceptors (Lipinski definition) is 8. The van der Waals surface area contributed by atoms with E-state index in [2.05, 4.69) is 57.7 Å². The van der Waals surface area contributed by atoms with Crippen LogP contribution < -0.4 is 21.3 Å². The van der Waals surface area contributed by atoms with Crippen molar-refractivity contribution in [2.75, 3.05) is 18.1 Å². The van der Waals surface area contributed by atoms with Crippen molar-refractivity contribution in [3.05, 3.63) is 228 Å². The first-order valence-electron chi connectivity index (χ1n) is 23.7. The van der Waals surface area contributed by atoms with Crippen LogP contribution in [0.25, 0.3) is 0 Å². The zero-order valence-electron chi connectivity index (χ0n) is 39.7. The van der Waals surface area contributed by atoms with Crippen LogP contribution in [0.5, 0.6) is 0 Å². The maximum absolute atomic E-state index is 14.4. The number of ether oxygens (including phenoxy) is 1. The Bertz CT molecular complexity index is 2480. The van der Waals surface area contributed by atoms with E-state index >= 15 is 0 Å². The van der Waals surface area contributed by atoms with Crippen molar-refractivity contribution in [1.29, 1.82) is 0 Å². The molecule has 12 heteroatoms. The Morgan fingerprint density at radius 2 is 0.971 bits per heavy atom. The summed E-state index contributed by atoms with van der Waals surface area (Å²) in [5.74, 6) is -2.74. The van der Waals surface area contributed by atoms with E-state index in [0.29, 0.717) is 12.2 Å². The van der Waals surface area contributed by atoms with Crippen molar-refractivity contribution >= 4 is 53.1 Å². The van der Waals surface area contributed by atoms with Crippen LogP contribution in [-0.4, -0.2) is 71.9 Å². The van der Waals surface area contributed by atoms with Gasteiger partial charge in [-0.05, 0) is 64.5 Å². The molecule has 360 valence electrons. The molecule has 0 aromatic heterocycles. The molecule has 4 atom stereocenters. The number of cyclic esters (lactones) is 1. The lowest BCUT2D eigenvalue weighted by Crippen LogP contribution is -2.58. The Hall–Kier alpha value is -6.89. The van der Waals surface area contributed by atoms with Crippen LogP contribution in [0.15, 0.2) is 194 Å². The molecule has 0 bridgehead atoms. The van der Waals surface area contributed by atoms with Crippen molar-refractivity contribution in [2.45, 2.75) is 67.3 Å². The zero-order valence-corrected chi connectivity index (χ0v) is 41.3. The molecular formula is C58H60N4O6S2. The predicted molar refractivity (Wildman–Crippen MR) is 281 cm³/mol. The van der Waals surface area contributed by atoms with Gasteiger partial charge >= 0.3 is 5.97 Å². The lowest BCUT2D eigenvalue weighted by Gasteiger charge is -2.37. The van der Waals surface area contributed by atoms with Crippen LogP contribution >= 0.6 is 23.5 Å². The quantitative estimate of drug-likeness (QED) is 0.0346. The predicted octanol–water partition coefficient (Wildman–Crippen LogP) is 8.95. The normalized spacial score (nSPS) is 18.9. The molecule has 0 aliphatic carbocycles. The number of carbonyl (C=O) groups is 5. The lowest BCUT2D eigenvalue weighted by atomic mass is 9.84. The molecule has 6 aromatic carbocycles. The third-order valence-corrected chi connectivity index (χ3v) is 15.4. The molecule has 1 fully saturated rings. The minimum absolute atomic E-state index is 0.0734. The standard InChI is InChI=1S/C58H60N4O6S2/c1-41(2)53-56(67)59-39-52(64)68-49(36-22-23-37-69-57(43-24-10-4-11-25-43,44-26-12-5-13-27-44)45-28-14-6-15-29-45)38-51(63)60-42(3)54(65)61-50(55(66)62-53)40-70-58(46-30-16-7-17-31-46,47-32-18-8-19-33-47)48-34-20-9-21-35-48/h4-22,24-36,41-42,49-50,53H,23,37-40H2,1-3H3,(H,59,67)(H,60,63)(H,61,65)(H,62,66)/b36-22+/t42-,49-,50-,53-/m1/s1. The Balaban J connectivity index is 1.12. The number of nitrogens with one attached hydrogen (secondary N) is 4. The van der Waals surface area contributed by atoms with Gasteiger partial charge < -0.3 is 26.0 Å². The van der Waals surface area contributed by atoms with E-state index in [9.17, 15) is 24.0 Å². The van der Waals surface area contributed by atoms with Gasteiger partial charge in [-0.2, -0.15) is 0 Å². The number of esters is 1. The van der Waals surface area contributed by atoms with E-state index in [1.54, 1.807) is 31.7 Å². The molecule has 0 radical (unpaired) electrons. The van der Waals surface area contributed by atoms with Gasteiger partial charge in [0.2, 0.25) is 23.6 Å². The molecular weight excluding hydrogens is 913 g/mol. The van der Waals surface area contributed by atoms with Crippen molar-refractivity contribution < 1.29 is 28.7 Å². The number of rotatable bonds is 15. The lowest BCUT2D eigenvalue weighted by molar-refractivity contribution is -0.148. The molecule has 0 unspecified atom stereocenters. The Labute approximate surface area is 419 Å². The molecule has 4 amide bonds. The molecule has 1 heterocycles. The second kappa shape index (κ2) is 24.6. The van der Waals surface area contributed by atoms with E-state index in [-0.39, 0.29) is 12.2 Å². The number of benzene rings is 6. The smallest absolute Gasteiger partial charge is 0.326 e. The van der Waals surface area contributed by atoms with E-state index in [1.807, 2.05) is 152 Å². The molecule has 1 aliphatic rings. The van der Waals surface area contributed by atoms with E-state index < -0.39 is 75.8 Å². The minimum atomic E-state index is -1.16. The van der Waals surface area contributed by atoms with Crippen LogP contribution in [0.4, 0.5) is 0 Å². The summed E-state index contributed by atoms with van der Waals surface area (Å²) in [6.07, 6.45) is 2.85. The summed E-state index contributed by atoms with van der Waals surface area (Å²) in [7, 11) is 0. The third-order valence-electron chi connectivity index (χ3n) is 12.2. The fraction of sp³-hybridized carbons (Fsp3) is 0.259. The van der Waals surface area contributed by atoms with Crippen molar-refractivity contribution in [2.24, 2.45) is 5.92 Å². The van der Waals surface area contributed by atoms with Crippen molar-refractivity contribution in [3.63, 3.8) is 0 Å². The molecule has 10 nitrogen and oxygen atoms in total. The molecule has 6 aromatic rings. The summed E-state index contributed by atoms with van der Waals surface area (Å²) >= 11 is 3.26. The highest BCUT2D eigenvalue weighted by Crippen LogP contribution is 2.50. The highest BCUT2D eigenvalue weighted by Gasteiger charge is 2.40. The van der Waals surface area contributed by atoms with Gasteiger partial charge in [-0.25, -0.2) is 0 Å². The largest absolute Gasteiger partial charge is 0.456 e. The Morgan fingerprint density at radius 1 is 0.557 bits per heavy atom. The van der Waals surface area contributed by atoms with E-state index in [1.165, 1.54) is 18.7 Å². The molecule has 70 heavy (non-hydrogen) atoms. The molecule has 7 rings (SSSR count). The summed E-state index contributed by atoms with van der Waals surface area (Å²) in [5, 5.41) is 11.2. The van der Waals surface area contributed by atoms with Gasteiger partial charge in [-0.1, -0.05) is 202 Å². The second-order valence-electron chi connectivity index (χ2n) is 17.5. The van der Waals surface area contributed by atoms with Crippen LogP contribution in [0.1, 0.15) is 67.0 Å². The highest BCUT2D eigenvalue weighted by atomic mass is 32.2. The fourth-order valence-corrected chi connectivity index (χ4v) is 11.7. The van der Waals surface area contributed by atoms with Crippen molar-refractivity contribution in [1.82, 2.24) is 21.3 Å². The maximum Gasteiger partial charge on any atom is 0.326 e. The monoisotopic (exact) mass is 972 g/mol. The number of amides is 4. The first-order chi connectivity index (χ1) is 34.0. The molecule has 4 N–H and O–H groups in total. The van der Waals surface area contributed by atoms with Crippen molar-refractivity contribution in [3.8, 4) is 0 Å². The molecule has 0 saturated carbocycles. The first-order valence-corrected chi connectivity index (χ1v) is 25.6. The van der Waals surface area contributed by atoms with E-state index in [0.717, 1.165) is 33.4 Å².